The molecule has 0 aliphatic heterocycles. The standard InChI is InChI=1S/C17H18N2O4S/c1-23-16-4-2-3-14(9-16)10-18-17(20)12-24-11-13-5-7-15(8-6-13)19(21)22/h2-9H,10-12H2,1H3,(H,18,20). The minimum absolute atomic E-state index is 0.0512. The normalized spacial score (nSPS) is 10.2. The number of carbonyl (C=O) groups excluding carboxylic acids is 1. The average molecular weight is 346 g/mol. The molecule has 0 saturated carbocycles. The zero-order valence-electron chi connectivity index (χ0n) is 13.2. The van der Waals surface area contributed by atoms with E-state index in [0.29, 0.717) is 18.1 Å². The van der Waals surface area contributed by atoms with Crippen molar-refractivity contribution >= 4 is 23.4 Å². The number of benzene rings is 2. The van der Waals surface area contributed by atoms with Gasteiger partial charge in [-0.3, -0.25) is 14.9 Å². The Balaban J connectivity index is 1.72. The van der Waals surface area contributed by atoms with Crippen LogP contribution in [0.1, 0.15) is 11.1 Å². The van der Waals surface area contributed by atoms with Gasteiger partial charge in [-0.25, -0.2) is 0 Å². The van der Waals surface area contributed by atoms with Gasteiger partial charge in [0.1, 0.15) is 5.75 Å². The molecule has 6 nitrogen and oxygen atoms in total. The Labute approximate surface area is 144 Å². The van der Waals surface area contributed by atoms with Gasteiger partial charge in [-0.05, 0) is 23.3 Å². The van der Waals surface area contributed by atoms with Gasteiger partial charge in [0.05, 0.1) is 17.8 Å². The molecule has 0 atom stereocenters. The van der Waals surface area contributed by atoms with Crippen molar-refractivity contribution in [3.8, 4) is 5.75 Å². The summed E-state index contributed by atoms with van der Waals surface area (Å²) in [5, 5.41) is 13.4. The molecule has 7 heteroatoms. The SMILES string of the molecule is COc1cccc(CNC(=O)CSCc2ccc([N+](=O)[O-])cc2)c1. The number of rotatable bonds is 8. The molecule has 0 saturated heterocycles. The number of nitrogens with zero attached hydrogens (tertiary/aromatic N) is 1. The van der Waals surface area contributed by atoms with Crippen LogP contribution in [0, 0.1) is 10.1 Å². The average Bonchev–Trinajstić information content (AvgIpc) is 2.60. The van der Waals surface area contributed by atoms with Crippen LogP contribution in [0.15, 0.2) is 48.5 Å². The summed E-state index contributed by atoms with van der Waals surface area (Å²) in [6, 6.07) is 13.9. The maximum Gasteiger partial charge on any atom is 0.269 e. The third-order valence-electron chi connectivity index (χ3n) is 3.27. The molecule has 0 bridgehead atoms. The topological polar surface area (TPSA) is 81.5 Å². The Bertz CT molecular complexity index is 704. The van der Waals surface area contributed by atoms with Crippen LogP contribution in [0.4, 0.5) is 5.69 Å². The van der Waals surface area contributed by atoms with Crippen LogP contribution in [0.5, 0.6) is 5.75 Å². The first-order chi connectivity index (χ1) is 11.6. The molecule has 0 aromatic heterocycles. The molecule has 2 aromatic carbocycles. The van der Waals surface area contributed by atoms with Gasteiger partial charge in [0.2, 0.25) is 5.91 Å². The first-order valence-corrected chi connectivity index (χ1v) is 8.44. The summed E-state index contributed by atoms with van der Waals surface area (Å²) in [5.41, 5.74) is 1.99. The monoisotopic (exact) mass is 346 g/mol. The molecule has 1 N–H and O–H groups in total. The van der Waals surface area contributed by atoms with Crippen molar-refractivity contribution in [2.24, 2.45) is 0 Å². The van der Waals surface area contributed by atoms with Gasteiger partial charge in [0, 0.05) is 24.4 Å². The molecule has 0 aliphatic carbocycles. The third-order valence-corrected chi connectivity index (χ3v) is 4.28. The minimum atomic E-state index is -0.428. The lowest BCUT2D eigenvalue weighted by molar-refractivity contribution is -0.384. The predicted octanol–water partition coefficient (Wildman–Crippen LogP) is 3.15. The number of nitro groups is 1. The molecule has 0 unspecified atom stereocenters. The fourth-order valence-electron chi connectivity index (χ4n) is 2.01. The summed E-state index contributed by atoms with van der Waals surface area (Å²) in [6.07, 6.45) is 0. The molecule has 126 valence electrons. The second kappa shape index (κ2) is 8.93. The van der Waals surface area contributed by atoms with E-state index in [4.69, 9.17) is 4.74 Å². The lowest BCUT2D eigenvalue weighted by Crippen LogP contribution is -2.24. The minimum Gasteiger partial charge on any atom is -0.497 e. The number of hydrogen-bond acceptors (Lipinski definition) is 5. The van der Waals surface area contributed by atoms with Crippen molar-refractivity contribution in [3.05, 3.63) is 69.8 Å². The van der Waals surface area contributed by atoms with Crippen LogP contribution in [0.3, 0.4) is 0 Å². The van der Waals surface area contributed by atoms with Gasteiger partial charge >= 0.3 is 0 Å². The lowest BCUT2D eigenvalue weighted by atomic mass is 10.2. The predicted molar refractivity (Wildman–Crippen MR) is 94.1 cm³/mol. The van der Waals surface area contributed by atoms with Crippen LogP contribution in [0.2, 0.25) is 0 Å². The van der Waals surface area contributed by atoms with Crippen LogP contribution in [-0.2, 0) is 17.1 Å². The summed E-state index contributed by atoms with van der Waals surface area (Å²) in [4.78, 5) is 22.0. The van der Waals surface area contributed by atoms with Crippen LogP contribution >= 0.6 is 11.8 Å². The number of thioether (sulfide) groups is 1. The number of amides is 1. The number of non-ortho nitro benzene ring substituents is 1. The van der Waals surface area contributed by atoms with Crippen molar-refractivity contribution in [2.75, 3.05) is 12.9 Å². The molecular formula is C17H18N2O4S. The summed E-state index contributed by atoms with van der Waals surface area (Å²) in [5.74, 6) is 1.67. The molecule has 24 heavy (non-hydrogen) atoms. The van der Waals surface area contributed by atoms with E-state index >= 15 is 0 Å². The summed E-state index contributed by atoms with van der Waals surface area (Å²) in [7, 11) is 1.60. The largest absolute Gasteiger partial charge is 0.497 e. The molecular weight excluding hydrogens is 328 g/mol. The Morgan fingerprint density at radius 3 is 2.62 bits per heavy atom. The highest BCUT2D eigenvalue weighted by molar-refractivity contribution is 7.99. The highest BCUT2D eigenvalue weighted by atomic mass is 32.2. The third kappa shape index (κ3) is 5.58. The Morgan fingerprint density at radius 2 is 1.96 bits per heavy atom. The van der Waals surface area contributed by atoms with Gasteiger partial charge in [0.25, 0.3) is 5.69 Å². The lowest BCUT2D eigenvalue weighted by Gasteiger charge is -2.07. The number of nitro benzene ring substituents is 1. The van der Waals surface area contributed by atoms with Crippen molar-refractivity contribution in [1.82, 2.24) is 5.32 Å². The van der Waals surface area contributed by atoms with E-state index in [-0.39, 0.29) is 11.6 Å². The number of carbonyl (C=O) groups is 1. The summed E-state index contributed by atoms with van der Waals surface area (Å²) in [6.45, 7) is 0.453. The number of methoxy groups -OCH3 is 1. The smallest absolute Gasteiger partial charge is 0.269 e. The summed E-state index contributed by atoms with van der Waals surface area (Å²) < 4.78 is 5.14. The summed E-state index contributed by atoms with van der Waals surface area (Å²) >= 11 is 1.46. The molecule has 0 fully saturated rings. The number of hydrogen-bond donors (Lipinski definition) is 1. The second-order valence-electron chi connectivity index (χ2n) is 5.04. The fourth-order valence-corrected chi connectivity index (χ4v) is 2.83. The molecule has 2 aromatic rings. The fraction of sp³-hybridized carbons (Fsp3) is 0.235. The maximum absolute atomic E-state index is 11.9. The van der Waals surface area contributed by atoms with E-state index in [9.17, 15) is 14.9 Å². The maximum atomic E-state index is 11.9. The molecule has 0 aliphatic rings. The second-order valence-corrected chi connectivity index (χ2v) is 6.03. The molecule has 2 rings (SSSR count). The first-order valence-electron chi connectivity index (χ1n) is 7.29. The first kappa shape index (κ1) is 17.8. The van der Waals surface area contributed by atoms with Gasteiger partial charge in [-0.2, -0.15) is 0 Å². The Hall–Kier alpha value is -2.54. The van der Waals surface area contributed by atoms with Gasteiger partial charge in [0.15, 0.2) is 0 Å². The van der Waals surface area contributed by atoms with Gasteiger partial charge < -0.3 is 10.1 Å². The number of ether oxygens (including phenoxy) is 1. The van der Waals surface area contributed by atoms with Crippen LogP contribution in [-0.4, -0.2) is 23.7 Å². The van der Waals surface area contributed by atoms with Gasteiger partial charge in [-0.1, -0.05) is 24.3 Å². The molecule has 1 amide bonds. The van der Waals surface area contributed by atoms with Crippen molar-refractivity contribution in [3.63, 3.8) is 0 Å². The van der Waals surface area contributed by atoms with Crippen LogP contribution < -0.4 is 10.1 Å². The quantitative estimate of drug-likeness (QED) is 0.586. The Kier molecular flexibility index (Phi) is 6.62. The van der Waals surface area contributed by atoms with E-state index in [1.165, 1.54) is 23.9 Å². The van der Waals surface area contributed by atoms with E-state index in [0.717, 1.165) is 16.9 Å². The van der Waals surface area contributed by atoms with Crippen molar-refractivity contribution in [1.29, 1.82) is 0 Å². The van der Waals surface area contributed by atoms with E-state index in [1.807, 2.05) is 24.3 Å². The van der Waals surface area contributed by atoms with E-state index in [1.54, 1.807) is 19.2 Å². The molecule has 0 spiro atoms. The number of nitrogens with one attached hydrogen (secondary N) is 1. The highest BCUT2D eigenvalue weighted by Crippen LogP contribution is 2.17. The van der Waals surface area contributed by atoms with Crippen LogP contribution in [0.25, 0.3) is 0 Å². The Morgan fingerprint density at radius 1 is 1.21 bits per heavy atom. The zero-order chi connectivity index (χ0) is 17.4. The highest BCUT2D eigenvalue weighted by Gasteiger charge is 2.06. The molecule has 0 heterocycles. The van der Waals surface area contributed by atoms with Crippen molar-refractivity contribution in [2.45, 2.75) is 12.3 Å². The van der Waals surface area contributed by atoms with Crippen molar-refractivity contribution < 1.29 is 14.5 Å². The van der Waals surface area contributed by atoms with Gasteiger partial charge in [-0.15, -0.1) is 11.8 Å². The van der Waals surface area contributed by atoms with E-state index in [2.05, 4.69) is 5.32 Å². The molecule has 0 radical (unpaired) electrons. The van der Waals surface area contributed by atoms with E-state index < -0.39 is 4.92 Å². The zero-order valence-corrected chi connectivity index (χ0v) is 14.0.